The normalized spacial score (nSPS) is 12.0. The Hall–Kier alpha value is -2.99. The first-order chi connectivity index (χ1) is 12.2. The number of aliphatic hydroxyl groups is 1. The Morgan fingerprint density at radius 3 is 2.76 bits per heavy atom. The monoisotopic (exact) mass is 339 g/mol. The number of hydrogen-bond donors (Lipinski definition) is 4. The number of nitrogen functional groups attached to an aromatic ring is 1. The van der Waals surface area contributed by atoms with Gasteiger partial charge in [0.1, 0.15) is 6.61 Å². The summed E-state index contributed by atoms with van der Waals surface area (Å²) in [6.45, 7) is -0.00922. The number of aromatic nitrogens is 1. The summed E-state index contributed by atoms with van der Waals surface area (Å²) in [5.41, 5.74) is 9.48. The van der Waals surface area contributed by atoms with Gasteiger partial charge in [0.05, 0.1) is 12.6 Å². The number of rotatable bonds is 6. The number of hydrogen-bond acceptors (Lipinski definition) is 4. The number of amides is 1. The van der Waals surface area contributed by atoms with Crippen LogP contribution in [0.1, 0.15) is 11.1 Å². The van der Waals surface area contributed by atoms with E-state index in [4.69, 9.17) is 10.5 Å². The highest BCUT2D eigenvalue weighted by atomic mass is 16.5. The summed E-state index contributed by atoms with van der Waals surface area (Å²) in [4.78, 5) is 15.1. The van der Waals surface area contributed by atoms with Crippen molar-refractivity contribution in [2.24, 2.45) is 0 Å². The number of carbonyl (C=O) groups is 1. The predicted octanol–water partition coefficient (Wildman–Crippen LogP) is 2.58. The second-order valence-corrected chi connectivity index (χ2v) is 5.87. The molecule has 3 aromatic rings. The van der Waals surface area contributed by atoms with E-state index in [9.17, 15) is 9.90 Å². The minimum absolute atomic E-state index is 0.185. The molecule has 0 aliphatic rings. The minimum atomic E-state index is -0.560. The number of carbonyl (C=O) groups excluding carboxylic acids is 1. The SMILES string of the molecule is Nc1cccc2[nH]cc(C[C@@H](CO)NC(=O)OCc3ccccc3)c12. The van der Waals surface area contributed by atoms with Gasteiger partial charge in [0.15, 0.2) is 0 Å². The molecule has 0 aliphatic carbocycles. The molecule has 2 aromatic carbocycles. The number of aliphatic hydroxyl groups excluding tert-OH is 1. The van der Waals surface area contributed by atoms with Crippen molar-refractivity contribution >= 4 is 22.7 Å². The van der Waals surface area contributed by atoms with Gasteiger partial charge in [0, 0.05) is 22.8 Å². The van der Waals surface area contributed by atoms with Crippen molar-refractivity contribution in [3.8, 4) is 0 Å². The summed E-state index contributed by atoms with van der Waals surface area (Å²) in [6.07, 6.45) is 1.74. The smallest absolute Gasteiger partial charge is 0.407 e. The molecule has 0 spiro atoms. The standard InChI is InChI=1S/C19H21N3O3/c20-16-7-4-8-17-18(16)14(10-21-17)9-15(11-23)22-19(24)25-12-13-5-2-1-3-6-13/h1-8,10,15,21,23H,9,11-12,20H2,(H,22,24)/t15-/m0/s1. The number of anilines is 1. The molecule has 1 amide bonds. The molecule has 6 nitrogen and oxygen atoms in total. The maximum Gasteiger partial charge on any atom is 0.407 e. The van der Waals surface area contributed by atoms with Crippen LogP contribution in [0.4, 0.5) is 10.5 Å². The van der Waals surface area contributed by atoms with E-state index >= 15 is 0 Å². The van der Waals surface area contributed by atoms with Gasteiger partial charge >= 0.3 is 6.09 Å². The highest BCUT2D eigenvalue weighted by Gasteiger charge is 2.16. The molecule has 5 N–H and O–H groups in total. The molecule has 1 heterocycles. The quantitative estimate of drug-likeness (QED) is 0.519. The van der Waals surface area contributed by atoms with Crippen LogP contribution in [0.5, 0.6) is 0 Å². The van der Waals surface area contributed by atoms with Gasteiger partial charge in [0.2, 0.25) is 0 Å². The molecule has 0 saturated heterocycles. The van der Waals surface area contributed by atoms with Crippen LogP contribution in [0, 0.1) is 0 Å². The largest absolute Gasteiger partial charge is 0.445 e. The third-order valence-electron chi connectivity index (χ3n) is 4.04. The van der Waals surface area contributed by atoms with Gasteiger partial charge < -0.3 is 25.9 Å². The molecule has 0 unspecified atom stereocenters. The second kappa shape index (κ2) is 7.72. The first-order valence-electron chi connectivity index (χ1n) is 8.10. The lowest BCUT2D eigenvalue weighted by Crippen LogP contribution is -2.39. The molecule has 1 atom stereocenters. The lowest BCUT2D eigenvalue weighted by Gasteiger charge is -2.16. The first kappa shape index (κ1) is 16.9. The van der Waals surface area contributed by atoms with Crippen LogP contribution >= 0.6 is 0 Å². The van der Waals surface area contributed by atoms with E-state index in [0.29, 0.717) is 12.1 Å². The van der Waals surface area contributed by atoms with E-state index < -0.39 is 12.1 Å². The first-order valence-corrected chi connectivity index (χ1v) is 8.10. The molecule has 0 bridgehead atoms. The van der Waals surface area contributed by atoms with Crippen LogP contribution in [0.25, 0.3) is 10.9 Å². The van der Waals surface area contributed by atoms with Crippen molar-refractivity contribution in [1.82, 2.24) is 10.3 Å². The fourth-order valence-corrected chi connectivity index (χ4v) is 2.80. The predicted molar refractivity (Wildman–Crippen MR) is 97.1 cm³/mol. The van der Waals surface area contributed by atoms with Gasteiger partial charge in [-0.25, -0.2) is 4.79 Å². The van der Waals surface area contributed by atoms with Gasteiger partial charge in [-0.1, -0.05) is 36.4 Å². The Morgan fingerprint density at radius 2 is 2.00 bits per heavy atom. The van der Waals surface area contributed by atoms with Crippen molar-refractivity contribution in [1.29, 1.82) is 0 Å². The Kier molecular flexibility index (Phi) is 5.20. The number of nitrogens with two attached hydrogens (primary N) is 1. The fraction of sp³-hybridized carbons (Fsp3) is 0.211. The summed E-state index contributed by atoms with van der Waals surface area (Å²) in [5.74, 6) is 0. The number of H-pyrrole nitrogens is 1. The zero-order chi connectivity index (χ0) is 17.6. The number of alkyl carbamates (subject to hydrolysis) is 1. The van der Waals surface area contributed by atoms with Crippen molar-refractivity contribution in [2.75, 3.05) is 12.3 Å². The minimum Gasteiger partial charge on any atom is -0.445 e. The molecule has 130 valence electrons. The lowest BCUT2D eigenvalue weighted by molar-refractivity contribution is 0.129. The number of benzene rings is 2. The van der Waals surface area contributed by atoms with Gasteiger partial charge in [-0.3, -0.25) is 0 Å². The van der Waals surface area contributed by atoms with Gasteiger partial charge in [-0.05, 0) is 29.7 Å². The zero-order valence-corrected chi connectivity index (χ0v) is 13.7. The van der Waals surface area contributed by atoms with Gasteiger partial charge in [-0.15, -0.1) is 0 Å². The number of aromatic amines is 1. The summed E-state index contributed by atoms with van der Waals surface area (Å²) in [5, 5.41) is 13.2. The van der Waals surface area contributed by atoms with E-state index in [1.807, 2.05) is 54.7 Å². The molecule has 1 aromatic heterocycles. The molecular weight excluding hydrogens is 318 g/mol. The lowest BCUT2D eigenvalue weighted by atomic mass is 10.0. The van der Waals surface area contributed by atoms with E-state index in [-0.39, 0.29) is 13.2 Å². The van der Waals surface area contributed by atoms with Crippen molar-refractivity contribution in [3.63, 3.8) is 0 Å². The van der Waals surface area contributed by atoms with Gasteiger partial charge in [0.25, 0.3) is 0 Å². The molecule has 3 rings (SSSR count). The zero-order valence-electron chi connectivity index (χ0n) is 13.7. The Morgan fingerprint density at radius 1 is 1.20 bits per heavy atom. The summed E-state index contributed by atoms with van der Waals surface area (Å²) in [7, 11) is 0. The van der Waals surface area contributed by atoms with Crippen molar-refractivity contribution < 1.29 is 14.6 Å². The number of fused-ring (bicyclic) bond motifs is 1. The average molecular weight is 339 g/mol. The van der Waals surface area contributed by atoms with Crippen molar-refractivity contribution in [3.05, 3.63) is 65.9 Å². The molecule has 0 aliphatic heterocycles. The molecule has 0 radical (unpaired) electrons. The van der Waals surface area contributed by atoms with E-state index in [1.165, 1.54) is 0 Å². The maximum atomic E-state index is 12.0. The maximum absolute atomic E-state index is 12.0. The van der Waals surface area contributed by atoms with E-state index in [2.05, 4.69) is 10.3 Å². The summed E-state index contributed by atoms with van der Waals surface area (Å²) < 4.78 is 5.20. The highest BCUT2D eigenvalue weighted by Crippen LogP contribution is 2.25. The molecule has 0 saturated carbocycles. The van der Waals surface area contributed by atoms with E-state index in [1.54, 1.807) is 0 Å². The Bertz CT molecular complexity index is 846. The highest BCUT2D eigenvalue weighted by molar-refractivity contribution is 5.93. The molecule has 25 heavy (non-hydrogen) atoms. The third kappa shape index (κ3) is 4.10. The van der Waals surface area contributed by atoms with Crippen LogP contribution in [-0.4, -0.2) is 28.8 Å². The van der Waals surface area contributed by atoms with Crippen LogP contribution in [0.15, 0.2) is 54.7 Å². The van der Waals surface area contributed by atoms with Crippen LogP contribution in [-0.2, 0) is 17.8 Å². The molecule has 6 heteroatoms. The van der Waals surface area contributed by atoms with Crippen LogP contribution in [0.3, 0.4) is 0 Å². The topological polar surface area (TPSA) is 100 Å². The fourth-order valence-electron chi connectivity index (χ4n) is 2.80. The molecule has 0 fully saturated rings. The summed E-state index contributed by atoms with van der Waals surface area (Å²) >= 11 is 0. The van der Waals surface area contributed by atoms with E-state index in [0.717, 1.165) is 22.0 Å². The molecular formula is C19H21N3O3. The number of ether oxygens (including phenoxy) is 1. The Labute approximate surface area is 145 Å². The van der Waals surface area contributed by atoms with Crippen LogP contribution in [0.2, 0.25) is 0 Å². The Balaban J connectivity index is 1.61. The van der Waals surface area contributed by atoms with Crippen LogP contribution < -0.4 is 11.1 Å². The van der Waals surface area contributed by atoms with Crippen molar-refractivity contribution in [2.45, 2.75) is 19.1 Å². The third-order valence-corrected chi connectivity index (χ3v) is 4.04. The average Bonchev–Trinajstić information content (AvgIpc) is 3.04. The summed E-state index contributed by atoms with van der Waals surface area (Å²) in [6, 6.07) is 14.6. The van der Waals surface area contributed by atoms with Gasteiger partial charge in [-0.2, -0.15) is 0 Å². The second-order valence-electron chi connectivity index (χ2n) is 5.87. The number of nitrogens with one attached hydrogen (secondary N) is 2.